The summed E-state index contributed by atoms with van der Waals surface area (Å²) < 4.78 is 0. The van der Waals surface area contributed by atoms with Gasteiger partial charge in [0.05, 0.1) is 18.8 Å². The normalized spacial score (nSPS) is 13.8. The molecule has 0 aliphatic carbocycles. The monoisotopic (exact) mass is 892 g/mol. The third-order valence-corrected chi connectivity index (χ3v) is 13.7. The molecule has 0 heterocycles. The number of hydrogen-bond acceptors (Lipinski definition) is 5. The summed E-state index contributed by atoms with van der Waals surface area (Å²) in [6.07, 6.45) is 61.3. The van der Waals surface area contributed by atoms with Crippen LogP contribution in [0.5, 0.6) is 0 Å². The fourth-order valence-electron chi connectivity index (χ4n) is 9.23. The highest BCUT2D eigenvalue weighted by Crippen LogP contribution is 2.18. The quantitative estimate of drug-likeness (QED) is 0.0309. The number of aliphatic hydroxyl groups is 4. The molecule has 4 unspecified atom stereocenters. The Hall–Kier alpha value is -0.950. The predicted octanol–water partition coefficient (Wildman–Crippen LogP) is 16.5. The Bertz CT molecular complexity index is 913. The summed E-state index contributed by atoms with van der Waals surface area (Å²) in [4.78, 5) is 12.6. The average molecular weight is 893 g/mol. The molecule has 6 heteroatoms. The molecule has 1 amide bonds. The molecule has 0 aromatic rings. The Morgan fingerprint density at radius 1 is 0.381 bits per heavy atom. The van der Waals surface area contributed by atoms with Gasteiger partial charge in [-0.25, -0.2) is 0 Å². The van der Waals surface area contributed by atoms with E-state index in [1.54, 1.807) is 0 Å². The lowest BCUT2D eigenvalue weighted by molar-refractivity contribution is -0.132. The third-order valence-electron chi connectivity index (χ3n) is 13.7. The molecule has 0 radical (unpaired) electrons. The van der Waals surface area contributed by atoms with Gasteiger partial charge in [0.15, 0.2) is 0 Å². The zero-order chi connectivity index (χ0) is 45.9. The van der Waals surface area contributed by atoms with Crippen molar-refractivity contribution in [3.05, 3.63) is 12.2 Å². The Balaban J connectivity index is 3.61. The van der Waals surface area contributed by atoms with E-state index in [-0.39, 0.29) is 0 Å². The molecule has 0 saturated carbocycles. The summed E-state index contributed by atoms with van der Waals surface area (Å²) in [6, 6.07) is -0.984. The van der Waals surface area contributed by atoms with Crippen LogP contribution in [0.4, 0.5) is 0 Å². The van der Waals surface area contributed by atoms with Gasteiger partial charge in [0.1, 0.15) is 12.2 Å². The molecule has 0 aliphatic heterocycles. The number of hydrogen-bond donors (Lipinski definition) is 5. The van der Waals surface area contributed by atoms with E-state index in [9.17, 15) is 25.2 Å². The van der Waals surface area contributed by atoms with E-state index in [0.717, 1.165) is 38.5 Å². The predicted molar refractivity (Wildman–Crippen MR) is 275 cm³/mol. The molecule has 0 bridgehead atoms. The van der Waals surface area contributed by atoms with Crippen molar-refractivity contribution in [1.82, 2.24) is 5.32 Å². The van der Waals surface area contributed by atoms with Gasteiger partial charge < -0.3 is 25.7 Å². The summed E-state index contributed by atoms with van der Waals surface area (Å²) in [5.41, 5.74) is 0. The Morgan fingerprint density at radius 3 is 0.921 bits per heavy atom. The van der Waals surface area contributed by atoms with Gasteiger partial charge in [-0.2, -0.15) is 0 Å². The highest BCUT2D eigenvalue weighted by Gasteiger charge is 2.28. The number of allylic oxidation sites excluding steroid dienone is 2. The van der Waals surface area contributed by atoms with Crippen molar-refractivity contribution in [3.63, 3.8) is 0 Å². The van der Waals surface area contributed by atoms with Crippen LogP contribution in [-0.2, 0) is 4.79 Å². The fraction of sp³-hybridized carbons (Fsp3) is 0.947. The van der Waals surface area contributed by atoms with Gasteiger partial charge in [-0.05, 0) is 38.5 Å². The number of aliphatic hydroxyl groups excluding tert-OH is 4. The summed E-state index contributed by atoms with van der Waals surface area (Å²) in [5, 5.41) is 44.0. The van der Waals surface area contributed by atoms with Crippen LogP contribution in [0.1, 0.15) is 316 Å². The Morgan fingerprint density at radius 2 is 0.635 bits per heavy atom. The van der Waals surface area contributed by atoms with Gasteiger partial charge in [0.2, 0.25) is 5.91 Å². The fourth-order valence-corrected chi connectivity index (χ4v) is 9.23. The molecule has 6 nitrogen and oxygen atoms in total. The standard InChI is InChI=1S/C57H113NO5/c1-3-5-7-9-11-13-15-17-19-21-23-25-26-27-28-29-31-33-35-37-39-41-43-45-47-49-51-55(61)57(63)58-53(52-59)56(62)54(60)50-48-46-44-42-40-38-36-34-32-30-24-22-20-18-16-14-12-10-8-6-4-2/h27-28,53-56,59-62H,3-26,29-52H2,1-2H3,(H,58,63)/b28-27-. The first-order valence-corrected chi connectivity index (χ1v) is 28.6. The SMILES string of the molecule is CCCCCCCCCCCCCC/C=C\CCCCCCCCCCCCC(O)C(=O)NC(CO)C(O)C(O)CCCCCCCCCCCCCCCCCCCCCCC. The first-order chi connectivity index (χ1) is 31.0. The number of unbranched alkanes of at least 4 members (excludes halogenated alkanes) is 42. The number of amides is 1. The lowest BCUT2D eigenvalue weighted by Gasteiger charge is -2.27. The highest BCUT2D eigenvalue weighted by atomic mass is 16.3. The minimum absolute atomic E-state index is 0.371. The zero-order valence-corrected chi connectivity index (χ0v) is 42.6. The van der Waals surface area contributed by atoms with Crippen molar-refractivity contribution in [2.24, 2.45) is 0 Å². The highest BCUT2D eigenvalue weighted by molar-refractivity contribution is 5.80. The lowest BCUT2D eigenvalue weighted by Crippen LogP contribution is -2.53. The molecule has 0 spiro atoms. The molecule has 376 valence electrons. The Kier molecular flexibility index (Phi) is 51.2. The van der Waals surface area contributed by atoms with Crippen LogP contribution in [0.25, 0.3) is 0 Å². The van der Waals surface area contributed by atoms with Crippen LogP contribution in [0.2, 0.25) is 0 Å². The van der Waals surface area contributed by atoms with Crippen molar-refractivity contribution in [2.45, 2.75) is 340 Å². The second-order valence-corrected chi connectivity index (χ2v) is 20.0. The molecule has 0 aliphatic rings. The third kappa shape index (κ3) is 46.0. The van der Waals surface area contributed by atoms with Crippen LogP contribution in [0.3, 0.4) is 0 Å². The van der Waals surface area contributed by atoms with Gasteiger partial charge >= 0.3 is 0 Å². The molecule has 0 aromatic carbocycles. The van der Waals surface area contributed by atoms with Gasteiger partial charge in [0, 0.05) is 0 Å². The minimum Gasteiger partial charge on any atom is -0.394 e. The molecule has 63 heavy (non-hydrogen) atoms. The largest absolute Gasteiger partial charge is 0.394 e. The van der Waals surface area contributed by atoms with Crippen LogP contribution in [0.15, 0.2) is 12.2 Å². The molecule has 0 saturated heterocycles. The summed E-state index contributed by atoms with van der Waals surface area (Å²) in [6.45, 7) is 4.10. The second kappa shape index (κ2) is 52.0. The Labute approximate surface area is 393 Å². The van der Waals surface area contributed by atoms with Gasteiger partial charge in [-0.1, -0.05) is 289 Å². The second-order valence-electron chi connectivity index (χ2n) is 20.0. The average Bonchev–Trinajstić information content (AvgIpc) is 3.29. The number of carbonyl (C=O) groups is 1. The summed E-state index contributed by atoms with van der Waals surface area (Å²) in [7, 11) is 0. The molecular formula is C57H113NO5. The van der Waals surface area contributed by atoms with E-state index in [1.807, 2.05) is 0 Å². The molecule has 0 aromatic heterocycles. The molecule has 0 rings (SSSR count). The van der Waals surface area contributed by atoms with Crippen molar-refractivity contribution in [2.75, 3.05) is 6.61 Å². The van der Waals surface area contributed by atoms with Crippen molar-refractivity contribution in [3.8, 4) is 0 Å². The first-order valence-electron chi connectivity index (χ1n) is 28.6. The zero-order valence-electron chi connectivity index (χ0n) is 42.6. The van der Waals surface area contributed by atoms with Gasteiger partial charge in [-0.3, -0.25) is 4.79 Å². The van der Waals surface area contributed by atoms with Crippen LogP contribution >= 0.6 is 0 Å². The molecule has 4 atom stereocenters. The van der Waals surface area contributed by atoms with E-state index >= 15 is 0 Å². The maximum atomic E-state index is 12.6. The van der Waals surface area contributed by atoms with Crippen molar-refractivity contribution in [1.29, 1.82) is 0 Å². The van der Waals surface area contributed by atoms with Crippen molar-refractivity contribution < 1.29 is 25.2 Å². The van der Waals surface area contributed by atoms with E-state index < -0.39 is 36.9 Å². The molecular weight excluding hydrogens is 779 g/mol. The minimum atomic E-state index is -1.26. The number of rotatable bonds is 53. The maximum absolute atomic E-state index is 12.6. The van der Waals surface area contributed by atoms with Crippen molar-refractivity contribution >= 4 is 5.91 Å². The number of carbonyl (C=O) groups excluding carboxylic acids is 1. The van der Waals surface area contributed by atoms with E-state index in [1.165, 1.54) is 250 Å². The van der Waals surface area contributed by atoms with Crippen LogP contribution in [0, 0.1) is 0 Å². The van der Waals surface area contributed by atoms with E-state index in [2.05, 4.69) is 31.3 Å². The maximum Gasteiger partial charge on any atom is 0.249 e. The van der Waals surface area contributed by atoms with E-state index in [0.29, 0.717) is 12.8 Å². The lowest BCUT2D eigenvalue weighted by atomic mass is 9.99. The topological polar surface area (TPSA) is 110 Å². The summed E-state index contributed by atoms with van der Waals surface area (Å²) >= 11 is 0. The van der Waals surface area contributed by atoms with Crippen LogP contribution < -0.4 is 5.32 Å². The smallest absolute Gasteiger partial charge is 0.249 e. The summed E-state index contributed by atoms with van der Waals surface area (Å²) in [5.74, 6) is -0.579. The molecule has 0 fully saturated rings. The number of nitrogens with one attached hydrogen (secondary N) is 1. The van der Waals surface area contributed by atoms with E-state index in [4.69, 9.17) is 0 Å². The van der Waals surface area contributed by atoms with Gasteiger partial charge in [-0.15, -0.1) is 0 Å². The van der Waals surface area contributed by atoms with Crippen LogP contribution in [-0.4, -0.2) is 57.3 Å². The van der Waals surface area contributed by atoms with Gasteiger partial charge in [0.25, 0.3) is 0 Å². The first kappa shape index (κ1) is 62.1. The molecule has 5 N–H and O–H groups in total.